The lowest BCUT2D eigenvalue weighted by molar-refractivity contribution is 0.0724. The second-order valence-electron chi connectivity index (χ2n) is 8.61. The van der Waals surface area contributed by atoms with E-state index in [1.807, 2.05) is 33.8 Å². The van der Waals surface area contributed by atoms with Gasteiger partial charge in [0.2, 0.25) is 5.88 Å². The summed E-state index contributed by atoms with van der Waals surface area (Å²) in [6, 6.07) is 3.50. The third kappa shape index (κ3) is 6.01. The van der Waals surface area contributed by atoms with E-state index in [0.717, 1.165) is 29.7 Å². The molecule has 7 nitrogen and oxygen atoms in total. The summed E-state index contributed by atoms with van der Waals surface area (Å²) in [6.45, 7) is 12.1. The molecule has 2 aromatic rings. The van der Waals surface area contributed by atoms with Crippen LogP contribution in [0.5, 0.6) is 11.6 Å². The Balaban J connectivity index is 1.91. The summed E-state index contributed by atoms with van der Waals surface area (Å²) in [5, 5.41) is 0.453. The third-order valence-corrected chi connectivity index (χ3v) is 6.87. The topological polar surface area (TPSA) is 72.0 Å². The van der Waals surface area contributed by atoms with Crippen molar-refractivity contribution >= 4 is 35.2 Å². The molecule has 0 radical (unpaired) electrons. The number of carbonyl (C=O) groups excluding carboxylic acids is 2. The Morgan fingerprint density at radius 2 is 1.89 bits per heavy atom. The lowest BCUT2D eigenvalue weighted by Gasteiger charge is -2.31. The number of fused-ring (bicyclic) bond motifs is 1. The molecule has 0 saturated heterocycles. The number of hydrogen-bond acceptors (Lipinski definition) is 5. The van der Waals surface area contributed by atoms with Crippen molar-refractivity contribution in [2.75, 3.05) is 26.2 Å². The lowest BCUT2D eigenvalue weighted by Crippen LogP contribution is -2.38. The van der Waals surface area contributed by atoms with E-state index in [9.17, 15) is 9.59 Å². The van der Waals surface area contributed by atoms with E-state index in [4.69, 9.17) is 32.7 Å². The van der Waals surface area contributed by atoms with Gasteiger partial charge in [-0.25, -0.2) is 9.78 Å². The highest BCUT2D eigenvalue weighted by atomic mass is 35.5. The van der Waals surface area contributed by atoms with Gasteiger partial charge in [-0.15, -0.1) is 0 Å². The van der Waals surface area contributed by atoms with Crippen molar-refractivity contribution in [2.24, 2.45) is 0 Å². The molecule has 0 spiro atoms. The zero-order valence-electron chi connectivity index (χ0n) is 21.0. The Kier molecular flexibility index (Phi) is 9.25. The first-order valence-electron chi connectivity index (χ1n) is 12.1. The van der Waals surface area contributed by atoms with Crippen LogP contribution in [0, 0.1) is 13.8 Å². The van der Waals surface area contributed by atoms with Crippen LogP contribution in [0.4, 0.5) is 4.79 Å². The molecule has 0 saturated carbocycles. The number of rotatable bonds is 9. The summed E-state index contributed by atoms with van der Waals surface area (Å²) in [5.74, 6) is 0.373. The number of pyridine rings is 1. The van der Waals surface area contributed by atoms with Gasteiger partial charge in [0.15, 0.2) is 5.75 Å². The molecule has 0 atom stereocenters. The van der Waals surface area contributed by atoms with Gasteiger partial charge in [0.1, 0.15) is 0 Å². The average molecular weight is 522 g/mol. The quantitative estimate of drug-likeness (QED) is 0.366. The Labute approximate surface area is 217 Å². The van der Waals surface area contributed by atoms with E-state index >= 15 is 0 Å². The maximum atomic E-state index is 13.6. The fourth-order valence-corrected chi connectivity index (χ4v) is 4.70. The number of aromatic nitrogens is 1. The monoisotopic (exact) mass is 521 g/mol. The van der Waals surface area contributed by atoms with Gasteiger partial charge >= 0.3 is 6.09 Å². The second kappa shape index (κ2) is 12.0. The van der Waals surface area contributed by atoms with Crippen LogP contribution in [0.1, 0.15) is 66.4 Å². The number of carbonyl (C=O) groups is 2. The summed E-state index contributed by atoms with van der Waals surface area (Å²) >= 11 is 13.1. The van der Waals surface area contributed by atoms with E-state index in [2.05, 4.69) is 11.9 Å². The Morgan fingerprint density at radius 1 is 1.17 bits per heavy atom. The molecule has 2 amide bonds. The Bertz CT molecular complexity index is 1100. The molecule has 35 heavy (non-hydrogen) atoms. The van der Waals surface area contributed by atoms with Gasteiger partial charge in [-0.3, -0.25) is 4.79 Å². The van der Waals surface area contributed by atoms with Crippen LogP contribution in [0.15, 0.2) is 12.1 Å². The number of ether oxygens (including phenoxy) is 2. The molecule has 2 heterocycles. The first-order chi connectivity index (χ1) is 16.7. The smallest absolute Gasteiger partial charge is 0.415 e. The first kappa shape index (κ1) is 27.1. The summed E-state index contributed by atoms with van der Waals surface area (Å²) in [5.41, 5.74) is 3.68. The summed E-state index contributed by atoms with van der Waals surface area (Å²) in [7, 11) is 0. The van der Waals surface area contributed by atoms with Gasteiger partial charge < -0.3 is 19.3 Å². The van der Waals surface area contributed by atoms with Crippen molar-refractivity contribution in [3.05, 3.63) is 50.1 Å². The lowest BCUT2D eigenvalue weighted by atomic mass is 9.97. The van der Waals surface area contributed by atoms with Crippen molar-refractivity contribution in [3.8, 4) is 11.6 Å². The molecule has 1 aromatic heterocycles. The van der Waals surface area contributed by atoms with Gasteiger partial charge in [-0.05, 0) is 57.7 Å². The van der Waals surface area contributed by atoms with Crippen molar-refractivity contribution in [1.82, 2.24) is 14.8 Å². The zero-order chi connectivity index (χ0) is 25.7. The maximum Gasteiger partial charge on any atom is 0.415 e. The van der Waals surface area contributed by atoms with E-state index in [0.29, 0.717) is 55.7 Å². The van der Waals surface area contributed by atoms with Crippen molar-refractivity contribution in [2.45, 2.75) is 60.4 Å². The largest absolute Gasteiger partial charge is 0.477 e. The molecule has 0 unspecified atom stereocenters. The Hall–Kier alpha value is -2.51. The number of unbranched alkanes of at least 4 members (excludes halogenated alkanes) is 1. The van der Waals surface area contributed by atoms with Crippen molar-refractivity contribution in [1.29, 1.82) is 0 Å². The highest BCUT2D eigenvalue weighted by Crippen LogP contribution is 2.39. The van der Waals surface area contributed by atoms with Crippen molar-refractivity contribution < 1.29 is 19.1 Å². The van der Waals surface area contributed by atoms with Gasteiger partial charge in [0.25, 0.3) is 5.91 Å². The summed E-state index contributed by atoms with van der Waals surface area (Å²) < 4.78 is 11.5. The van der Waals surface area contributed by atoms with E-state index in [-0.39, 0.29) is 22.2 Å². The molecule has 1 aromatic carbocycles. The predicted octanol–water partition coefficient (Wildman–Crippen LogP) is 6.22. The maximum absolute atomic E-state index is 13.6. The molecule has 190 valence electrons. The standard InChI is InChI=1S/C26H33Cl2N3O4/c1-6-9-12-34-24-19(16(4)13-17(5)29-24)15-31-11-10-18-20(27)14-21(23(28)22(18)25(31)32)35-26(33)30(7-2)8-3/h13-14H,6-12,15H2,1-5H3. The third-order valence-electron chi connectivity index (χ3n) is 6.16. The summed E-state index contributed by atoms with van der Waals surface area (Å²) in [6.07, 6.45) is 1.94. The molecule has 1 aliphatic rings. The normalized spacial score (nSPS) is 13.0. The minimum atomic E-state index is -0.539. The summed E-state index contributed by atoms with van der Waals surface area (Å²) in [4.78, 5) is 33.9. The zero-order valence-corrected chi connectivity index (χ0v) is 22.6. The van der Waals surface area contributed by atoms with E-state index < -0.39 is 6.09 Å². The number of benzene rings is 1. The molecule has 0 aliphatic carbocycles. The van der Waals surface area contributed by atoms with Gasteiger partial charge in [-0.2, -0.15) is 0 Å². The number of amides is 2. The molecular weight excluding hydrogens is 489 g/mol. The van der Waals surface area contributed by atoms with Crippen LogP contribution < -0.4 is 9.47 Å². The molecule has 9 heteroatoms. The second-order valence-corrected chi connectivity index (χ2v) is 9.39. The highest BCUT2D eigenvalue weighted by Gasteiger charge is 2.32. The van der Waals surface area contributed by atoms with Gasteiger partial charge in [0, 0.05) is 42.0 Å². The van der Waals surface area contributed by atoms with E-state index in [1.165, 1.54) is 11.0 Å². The van der Waals surface area contributed by atoms with E-state index in [1.54, 1.807) is 4.90 Å². The number of hydrogen-bond donors (Lipinski definition) is 0. The van der Waals surface area contributed by atoms with Crippen LogP contribution in [-0.4, -0.2) is 53.0 Å². The SMILES string of the molecule is CCCCOc1nc(C)cc(C)c1CN1CCc2c(Cl)cc(OC(=O)N(CC)CC)c(Cl)c2C1=O. The minimum Gasteiger partial charge on any atom is -0.477 e. The van der Waals surface area contributed by atoms with Crippen molar-refractivity contribution in [3.63, 3.8) is 0 Å². The average Bonchev–Trinajstić information content (AvgIpc) is 2.81. The van der Waals surface area contributed by atoms with Crippen LogP contribution in [0.3, 0.4) is 0 Å². The molecule has 0 N–H and O–H groups in total. The molecule has 3 rings (SSSR count). The first-order valence-corrected chi connectivity index (χ1v) is 12.8. The van der Waals surface area contributed by atoms with Crippen LogP contribution >= 0.6 is 23.2 Å². The van der Waals surface area contributed by atoms with Crippen LogP contribution in [0.2, 0.25) is 10.0 Å². The predicted molar refractivity (Wildman–Crippen MR) is 138 cm³/mol. The Morgan fingerprint density at radius 3 is 2.54 bits per heavy atom. The molecule has 0 fully saturated rings. The van der Waals surface area contributed by atoms with Crippen LogP contribution in [-0.2, 0) is 13.0 Å². The van der Waals surface area contributed by atoms with Crippen LogP contribution in [0.25, 0.3) is 0 Å². The molecule has 1 aliphatic heterocycles. The van der Waals surface area contributed by atoms with Gasteiger partial charge in [-0.1, -0.05) is 36.5 Å². The molecule has 0 bridgehead atoms. The minimum absolute atomic E-state index is 0.0827. The molecular formula is C26H33Cl2N3O4. The highest BCUT2D eigenvalue weighted by molar-refractivity contribution is 6.38. The number of halogens is 2. The fraction of sp³-hybridized carbons (Fsp3) is 0.500. The number of aryl methyl sites for hydroxylation is 2. The van der Waals surface area contributed by atoms with Gasteiger partial charge in [0.05, 0.1) is 23.7 Å². The fourth-order valence-electron chi connectivity index (χ4n) is 4.12. The number of nitrogens with zero attached hydrogens (tertiary/aromatic N) is 3.